The number of ether oxygens (including phenoxy) is 1. The van der Waals surface area contributed by atoms with Crippen molar-refractivity contribution >= 4 is 17.6 Å². The maximum Gasteiger partial charge on any atom is 0.319 e. The number of urea groups is 1. The van der Waals surface area contributed by atoms with Crippen LogP contribution in [0.3, 0.4) is 0 Å². The molecule has 1 heterocycles. The van der Waals surface area contributed by atoms with Crippen LogP contribution in [-0.4, -0.2) is 38.7 Å². The molecule has 3 N–H and O–H groups in total. The van der Waals surface area contributed by atoms with Gasteiger partial charge in [-0.3, -0.25) is 0 Å². The van der Waals surface area contributed by atoms with Gasteiger partial charge in [0.05, 0.1) is 7.11 Å². The fourth-order valence-corrected chi connectivity index (χ4v) is 2.99. The number of hydrogen-bond acceptors (Lipinski definition) is 4. The molecule has 2 aromatic carbocycles. The van der Waals surface area contributed by atoms with Crippen LogP contribution < -0.4 is 20.7 Å². The van der Waals surface area contributed by atoms with Gasteiger partial charge in [-0.05, 0) is 42.0 Å². The smallest absolute Gasteiger partial charge is 0.319 e. The van der Waals surface area contributed by atoms with Gasteiger partial charge in [-0.15, -0.1) is 0 Å². The normalized spacial score (nSPS) is 20.0. The number of amides is 2. The lowest BCUT2D eigenvalue weighted by molar-refractivity contribution is 0.210. The molecule has 1 aliphatic rings. The zero-order valence-electron chi connectivity index (χ0n) is 15.0. The van der Waals surface area contributed by atoms with E-state index in [2.05, 4.69) is 21.1 Å². The van der Waals surface area contributed by atoms with Gasteiger partial charge in [0, 0.05) is 18.2 Å². The van der Waals surface area contributed by atoms with E-state index < -0.39 is 12.1 Å². The average molecular weight is 372 g/mol. The molecule has 2 amide bonds. The van der Waals surface area contributed by atoms with Crippen molar-refractivity contribution in [3.05, 3.63) is 59.9 Å². The Labute approximate surface area is 156 Å². The number of nitrogens with one attached hydrogen (secondary N) is 3. The molecule has 2 aromatic rings. The number of benzene rings is 2. The first-order chi connectivity index (χ1) is 13.1. The van der Waals surface area contributed by atoms with E-state index in [-0.39, 0.29) is 11.7 Å². The van der Waals surface area contributed by atoms with E-state index in [0.29, 0.717) is 18.1 Å². The van der Waals surface area contributed by atoms with Gasteiger partial charge in [-0.25, -0.2) is 9.18 Å². The van der Waals surface area contributed by atoms with E-state index >= 15 is 0 Å². The van der Waals surface area contributed by atoms with Gasteiger partial charge in [0.25, 0.3) is 0 Å². The molecule has 27 heavy (non-hydrogen) atoms. The van der Waals surface area contributed by atoms with Crippen molar-refractivity contribution in [2.24, 2.45) is 5.16 Å². The molecular formula is C19H21FN4O3. The Bertz CT molecular complexity index is 809. The summed E-state index contributed by atoms with van der Waals surface area (Å²) in [5.41, 5.74) is 1.52. The summed E-state index contributed by atoms with van der Waals surface area (Å²) in [5, 5.41) is 12.7. The SMILES string of the molecule is CO/N=C1\NC[C@H](c2ccc(OC)cc2)C1NC(=O)Nc1ccc(F)cc1. The second kappa shape index (κ2) is 8.39. The van der Waals surface area contributed by atoms with E-state index in [9.17, 15) is 9.18 Å². The van der Waals surface area contributed by atoms with Crippen molar-refractivity contribution in [2.75, 3.05) is 26.1 Å². The predicted molar refractivity (Wildman–Crippen MR) is 101 cm³/mol. The summed E-state index contributed by atoms with van der Waals surface area (Å²) < 4.78 is 18.2. The molecular weight excluding hydrogens is 351 g/mol. The van der Waals surface area contributed by atoms with Gasteiger partial charge in [0.15, 0.2) is 5.84 Å². The van der Waals surface area contributed by atoms with Crippen molar-refractivity contribution in [1.29, 1.82) is 0 Å². The lowest BCUT2D eigenvalue weighted by Gasteiger charge is -2.20. The molecule has 3 rings (SSSR count). The lowest BCUT2D eigenvalue weighted by Crippen LogP contribution is -2.45. The molecule has 1 saturated heterocycles. The predicted octanol–water partition coefficient (Wildman–Crippen LogP) is 2.67. The lowest BCUT2D eigenvalue weighted by atomic mass is 9.94. The highest BCUT2D eigenvalue weighted by Gasteiger charge is 2.36. The quantitative estimate of drug-likeness (QED) is 0.705. The maximum atomic E-state index is 13.0. The zero-order chi connectivity index (χ0) is 19.2. The number of anilines is 1. The van der Waals surface area contributed by atoms with Crippen LogP contribution in [0.5, 0.6) is 5.75 Å². The van der Waals surface area contributed by atoms with E-state index in [0.717, 1.165) is 11.3 Å². The van der Waals surface area contributed by atoms with Gasteiger partial charge in [-0.2, -0.15) is 0 Å². The first-order valence-corrected chi connectivity index (χ1v) is 8.42. The summed E-state index contributed by atoms with van der Waals surface area (Å²) in [7, 11) is 3.06. The topological polar surface area (TPSA) is 84.0 Å². The molecule has 0 spiro atoms. The number of methoxy groups -OCH3 is 1. The van der Waals surface area contributed by atoms with Gasteiger partial charge < -0.3 is 25.5 Å². The van der Waals surface area contributed by atoms with Crippen molar-refractivity contribution in [2.45, 2.75) is 12.0 Å². The molecule has 0 aromatic heterocycles. The highest BCUT2D eigenvalue weighted by molar-refractivity contribution is 5.97. The number of rotatable bonds is 5. The highest BCUT2D eigenvalue weighted by atomic mass is 19.1. The monoisotopic (exact) mass is 372 g/mol. The minimum absolute atomic E-state index is 0.0382. The molecule has 0 aliphatic carbocycles. The van der Waals surface area contributed by atoms with Crippen LogP contribution in [0.15, 0.2) is 53.7 Å². The van der Waals surface area contributed by atoms with Crippen LogP contribution in [0, 0.1) is 5.82 Å². The van der Waals surface area contributed by atoms with Crippen LogP contribution in [0.4, 0.5) is 14.9 Å². The number of oxime groups is 1. The third-order valence-electron chi connectivity index (χ3n) is 4.32. The number of amidine groups is 1. The third-order valence-corrected chi connectivity index (χ3v) is 4.32. The van der Waals surface area contributed by atoms with Gasteiger partial charge >= 0.3 is 6.03 Å². The van der Waals surface area contributed by atoms with Crippen molar-refractivity contribution in [1.82, 2.24) is 10.6 Å². The highest BCUT2D eigenvalue weighted by Crippen LogP contribution is 2.26. The van der Waals surface area contributed by atoms with Gasteiger partial charge in [0.1, 0.15) is 24.7 Å². The summed E-state index contributed by atoms with van der Waals surface area (Å²) >= 11 is 0. The van der Waals surface area contributed by atoms with Crippen molar-refractivity contribution in [3.63, 3.8) is 0 Å². The summed E-state index contributed by atoms with van der Waals surface area (Å²) in [6, 6.07) is 12.4. The van der Waals surface area contributed by atoms with E-state index in [1.54, 1.807) is 7.11 Å². The van der Waals surface area contributed by atoms with Crippen molar-refractivity contribution < 1.29 is 18.8 Å². The number of nitrogens with zero attached hydrogens (tertiary/aromatic N) is 1. The Morgan fingerprint density at radius 1 is 1.15 bits per heavy atom. The minimum Gasteiger partial charge on any atom is -0.497 e. The first-order valence-electron chi connectivity index (χ1n) is 8.42. The van der Waals surface area contributed by atoms with E-state index in [4.69, 9.17) is 9.57 Å². The first kappa shape index (κ1) is 18.5. The zero-order valence-corrected chi connectivity index (χ0v) is 15.0. The number of carbonyl (C=O) groups excluding carboxylic acids is 1. The number of carbonyl (C=O) groups is 1. The molecule has 0 bridgehead atoms. The molecule has 8 heteroatoms. The van der Waals surface area contributed by atoms with Crippen LogP contribution in [0.1, 0.15) is 11.5 Å². The molecule has 7 nitrogen and oxygen atoms in total. The average Bonchev–Trinajstić information content (AvgIpc) is 3.06. The fourth-order valence-electron chi connectivity index (χ4n) is 2.99. The Balaban J connectivity index is 1.75. The maximum absolute atomic E-state index is 13.0. The summed E-state index contributed by atoms with van der Waals surface area (Å²) in [4.78, 5) is 17.3. The Hall–Kier alpha value is -3.29. The molecule has 0 saturated carbocycles. The second-order valence-electron chi connectivity index (χ2n) is 6.00. The van der Waals surface area contributed by atoms with Crippen LogP contribution in [0.2, 0.25) is 0 Å². The minimum atomic E-state index is -0.419. The fraction of sp³-hybridized carbons (Fsp3) is 0.263. The van der Waals surface area contributed by atoms with Crippen LogP contribution in [0.25, 0.3) is 0 Å². The molecule has 1 aliphatic heterocycles. The standard InChI is InChI=1S/C19H21FN4O3/c1-26-15-9-3-12(4-10-15)16-11-21-18(24-27-2)17(16)23-19(25)22-14-7-5-13(20)6-8-14/h3-10,16-17H,11H2,1-2H3,(H,21,24)(H2,22,23,25)/t16-,17?/m1/s1. The molecule has 142 valence electrons. The van der Waals surface area contributed by atoms with Crippen LogP contribution >= 0.6 is 0 Å². The molecule has 2 atom stereocenters. The summed E-state index contributed by atoms with van der Waals surface area (Å²) in [6.07, 6.45) is 0. The largest absolute Gasteiger partial charge is 0.497 e. The Morgan fingerprint density at radius 3 is 2.48 bits per heavy atom. The second-order valence-corrected chi connectivity index (χ2v) is 6.00. The number of hydrogen-bond donors (Lipinski definition) is 3. The summed E-state index contributed by atoms with van der Waals surface area (Å²) in [5.74, 6) is 0.889. The molecule has 1 fully saturated rings. The number of halogens is 1. The van der Waals surface area contributed by atoms with Gasteiger partial charge in [-0.1, -0.05) is 17.3 Å². The van der Waals surface area contributed by atoms with Crippen molar-refractivity contribution in [3.8, 4) is 5.75 Å². The Morgan fingerprint density at radius 2 is 1.85 bits per heavy atom. The summed E-state index contributed by atoms with van der Waals surface area (Å²) in [6.45, 7) is 0.593. The molecule has 1 unspecified atom stereocenters. The van der Waals surface area contributed by atoms with E-state index in [1.807, 2.05) is 24.3 Å². The van der Waals surface area contributed by atoms with Gasteiger partial charge in [0.2, 0.25) is 0 Å². The Kier molecular flexibility index (Phi) is 5.75. The van der Waals surface area contributed by atoms with Crippen LogP contribution in [-0.2, 0) is 4.84 Å². The van der Waals surface area contributed by atoms with E-state index in [1.165, 1.54) is 31.4 Å². The third kappa shape index (κ3) is 4.46. The molecule has 0 radical (unpaired) electrons.